The van der Waals surface area contributed by atoms with Crippen molar-refractivity contribution in [2.75, 3.05) is 6.61 Å². The van der Waals surface area contributed by atoms with Crippen LogP contribution in [0.5, 0.6) is 0 Å². The number of primary amides is 1. The van der Waals surface area contributed by atoms with Gasteiger partial charge in [-0.05, 0) is 12.8 Å². The Labute approximate surface area is 112 Å². The number of carbonyl (C=O) groups is 1. The third-order valence-electron chi connectivity index (χ3n) is 3.55. The molecule has 1 aliphatic heterocycles. The molecule has 1 saturated heterocycles. The maximum absolute atomic E-state index is 11.3. The molecule has 0 aromatic carbocycles. The smallest absolute Gasteiger partial charge is 0.220 e. The van der Waals surface area contributed by atoms with Crippen LogP contribution in [0.25, 0.3) is 0 Å². The zero-order valence-electron chi connectivity index (χ0n) is 11.0. The van der Waals surface area contributed by atoms with Crippen molar-refractivity contribution in [3.63, 3.8) is 0 Å². The van der Waals surface area contributed by atoms with Crippen molar-refractivity contribution in [3.05, 3.63) is 0 Å². The first-order valence-electron chi connectivity index (χ1n) is 6.52. The molecule has 0 aliphatic carbocycles. The summed E-state index contributed by atoms with van der Waals surface area (Å²) < 4.78 is 5.34. The number of rotatable bonds is 6. The lowest BCUT2D eigenvalue weighted by molar-refractivity contribution is -0.232. The Hall–Kier alpha value is -0.730. The largest absolute Gasteiger partial charge is 0.394 e. The number of nitrogens with two attached hydrogens (primary N) is 1. The summed E-state index contributed by atoms with van der Waals surface area (Å²) in [5, 5.41) is 38.2. The minimum Gasteiger partial charge on any atom is -0.394 e. The second-order valence-electron chi connectivity index (χ2n) is 4.99. The van der Waals surface area contributed by atoms with Crippen molar-refractivity contribution < 1.29 is 30.0 Å². The molecule has 19 heavy (non-hydrogen) atoms. The summed E-state index contributed by atoms with van der Waals surface area (Å²) in [6, 6.07) is 0. The van der Waals surface area contributed by atoms with E-state index in [1.54, 1.807) is 0 Å². The molecule has 1 amide bonds. The highest BCUT2D eigenvalue weighted by Gasteiger charge is 2.44. The molecule has 112 valence electrons. The van der Waals surface area contributed by atoms with Crippen molar-refractivity contribution >= 4 is 5.91 Å². The maximum atomic E-state index is 11.3. The Morgan fingerprint density at radius 1 is 1.21 bits per heavy atom. The van der Waals surface area contributed by atoms with Gasteiger partial charge in [0.15, 0.2) is 0 Å². The number of hydrogen-bond donors (Lipinski definition) is 5. The highest BCUT2D eigenvalue weighted by molar-refractivity contribution is 5.76. The molecule has 0 radical (unpaired) electrons. The van der Waals surface area contributed by atoms with E-state index in [-0.39, 0.29) is 6.42 Å². The highest BCUT2D eigenvalue weighted by Crippen LogP contribution is 2.26. The van der Waals surface area contributed by atoms with E-state index in [1.165, 1.54) is 0 Å². The molecule has 0 bridgehead atoms. The third kappa shape index (κ3) is 3.87. The van der Waals surface area contributed by atoms with E-state index in [1.807, 2.05) is 6.92 Å². The van der Waals surface area contributed by atoms with Gasteiger partial charge in [0.1, 0.15) is 24.4 Å². The summed E-state index contributed by atoms with van der Waals surface area (Å²) in [7, 11) is 0. The molecule has 1 heterocycles. The van der Waals surface area contributed by atoms with Gasteiger partial charge in [0, 0.05) is 5.92 Å². The van der Waals surface area contributed by atoms with Crippen LogP contribution in [0.4, 0.5) is 0 Å². The normalized spacial score (nSPS) is 37.0. The molecule has 2 unspecified atom stereocenters. The van der Waals surface area contributed by atoms with Gasteiger partial charge in [-0.2, -0.15) is 0 Å². The summed E-state index contributed by atoms with van der Waals surface area (Å²) >= 11 is 0. The van der Waals surface area contributed by atoms with Crippen LogP contribution >= 0.6 is 0 Å². The lowest BCUT2D eigenvalue weighted by Gasteiger charge is -2.40. The SMILES string of the molecule is CCCC(CC1O[C@H](CO)[C@@H](O)[C@H](O)[C@H]1O)C(N)=O. The number of amides is 1. The summed E-state index contributed by atoms with van der Waals surface area (Å²) in [5.41, 5.74) is 5.28. The predicted octanol–water partition coefficient (Wildman–Crippen LogP) is -1.88. The van der Waals surface area contributed by atoms with Crippen LogP contribution in [0.3, 0.4) is 0 Å². The van der Waals surface area contributed by atoms with Crippen LogP contribution in [0.15, 0.2) is 0 Å². The van der Waals surface area contributed by atoms with Crippen molar-refractivity contribution in [3.8, 4) is 0 Å². The quantitative estimate of drug-likeness (QED) is 0.386. The lowest BCUT2D eigenvalue weighted by atomic mass is 9.87. The molecule has 7 nitrogen and oxygen atoms in total. The van der Waals surface area contributed by atoms with E-state index < -0.39 is 49.0 Å². The second kappa shape index (κ2) is 7.16. The minimum absolute atomic E-state index is 0.157. The zero-order chi connectivity index (χ0) is 14.6. The summed E-state index contributed by atoms with van der Waals surface area (Å²) in [4.78, 5) is 11.3. The van der Waals surface area contributed by atoms with Gasteiger partial charge in [0.25, 0.3) is 0 Å². The van der Waals surface area contributed by atoms with Crippen molar-refractivity contribution in [1.29, 1.82) is 0 Å². The topological polar surface area (TPSA) is 133 Å². The second-order valence-corrected chi connectivity index (χ2v) is 4.99. The average molecular weight is 277 g/mol. The van der Waals surface area contributed by atoms with Gasteiger partial charge < -0.3 is 30.9 Å². The van der Waals surface area contributed by atoms with Crippen LogP contribution in [0.2, 0.25) is 0 Å². The number of aliphatic hydroxyl groups is 4. The van der Waals surface area contributed by atoms with Gasteiger partial charge in [-0.1, -0.05) is 13.3 Å². The first-order chi connectivity index (χ1) is 8.92. The fraction of sp³-hybridized carbons (Fsp3) is 0.917. The van der Waals surface area contributed by atoms with E-state index in [0.29, 0.717) is 6.42 Å². The van der Waals surface area contributed by atoms with Gasteiger partial charge in [-0.25, -0.2) is 0 Å². The van der Waals surface area contributed by atoms with Crippen LogP contribution in [-0.4, -0.2) is 63.5 Å². The monoisotopic (exact) mass is 277 g/mol. The van der Waals surface area contributed by atoms with Crippen molar-refractivity contribution in [2.24, 2.45) is 11.7 Å². The predicted molar refractivity (Wildman–Crippen MR) is 66.0 cm³/mol. The molecule has 1 fully saturated rings. The lowest BCUT2D eigenvalue weighted by Crippen LogP contribution is -2.59. The van der Waals surface area contributed by atoms with Gasteiger partial charge in [0.05, 0.1) is 12.7 Å². The first kappa shape index (κ1) is 16.3. The highest BCUT2D eigenvalue weighted by atomic mass is 16.5. The van der Waals surface area contributed by atoms with Crippen molar-refractivity contribution in [2.45, 2.75) is 56.7 Å². The molecule has 0 spiro atoms. The molecular formula is C12H23NO6. The molecule has 1 rings (SSSR count). The molecule has 6 atom stereocenters. The number of ether oxygens (including phenoxy) is 1. The minimum atomic E-state index is -1.41. The average Bonchev–Trinajstić information content (AvgIpc) is 2.38. The standard InChI is InChI=1S/C12H23NO6/c1-2-3-6(12(13)18)4-7-9(15)11(17)10(16)8(5-14)19-7/h6-11,14-17H,2-5H2,1H3,(H2,13,18)/t6?,7?,8-,9+,10-,11-/m1/s1. The fourth-order valence-corrected chi connectivity index (χ4v) is 2.38. The Morgan fingerprint density at radius 2 is 1.79 bits per heavy atom. The van der Waals surface area contributed by atoms with Crippen LogP contribution in [0, 0.1) is 5.92 Å². The number of carbonyl (C=O) groups excluding carboxylic acids is 1. The molecule has 0 aromatic heterocycles. The summed E-state index contributed by atoms with van der Waals surface area (Å²) in [6.07, 6.45) is -4.41. The molecule has 7 heteroatoms. The van der Waals surface area contributed by atoms with Crippen LogP contribution in [-0.2, 0) is 9.53 Å². The zero-order valence-corrected chi connectivity index (χ0v) is 11.0. The van der Waals surface area contributed by atoms with E-state index in [9.17, 15) is 20.1 Å². The number of hydrogen-bond acceptors (Lipinski definition) is 6. The van der Waals surface area contributed by atoms with E-state index in [0.717, 1.165) is 6.42 Å². The molecule has 0 aromatic rings. The molecule has 1 aliphatic rings. The molecular weight excluding hydrogens is 254 g/mol. The Bertz CT molecular complexity index is 298. The van der Waals surface area contributed by atoms with Crippen molar-refractivity contribution in [1.82, 2.24) is 0 Å². The molecule has 0 saturated carbocycles. The van der Waals surface area contributed by atoms with Gasteiger partial charge in [-0.3, -0.25) is 4.79 Å². The summed E-state index contributed by atoms with van der Waals surface area (Å²) in [5.74, 6) is -0.953. The third-order valence-corrected chi connectivity index (χ3v) is 3.55. The Balaban J connectivity index is 2.72. The Morgan fingerprint density at radius 3 is 2.26 bits per heavy atom. The maximum Gasteiger partial charge on any atom is 0.220 e. The van der Waals surface area contributed by atoms with E-state index in [4.69, 9.17) is 15.6 Å². The van der Waals surface area contributed by atoms with E-state index in [2.05, 4.69) is 0 Å². The number of aliphatic hydroxyl groups excluding tert-OH is 4. The van der Waals surface area contributed by atoms with Gasteiger partial charge >= 0.3 is 0 Å². The van der Waals surface area contributed by atoms with Crippen LogP contribution in [0.1, 0.15) is 26.2 Å². The Kier molecular flexibility index (Phi) is 6.15. The van der Waals surface area contributed by atoms with Gasteiger partial charge in [0.2, 0.25) is 5.91 Å². The van der Waals surface area contributed by atoms with E-state index >= 15 is 0 Å². The van der Waals surface area contributed by atoms with Crippen LogP contribution < -0.4 is 5.73 Å². The summed E-state index contributed by atoms with van der Waals surface area (Å²) in [6.45, 7) is 1.43. The first-order valence-corrected chi connectivity index (χ1v) is 6.52. The van der Waals surface area contributed by atoms with Gasteiger partial charge in [-0.15, -0.1) is 0 Å². The molecule has 6 N–H and O–H groups in total. The fourth-order valence-electron chi connectivity index (χ4n) is 2.38.